The summed E-state index contributed by atoms with van der Waals surface area (Å²) in [5, 5.41) is 2.09. The maximum Gasteiger partial charge on any atom is 0.332 e. The van der Waals surface area contributed by atoms with Crippen LogP contribution in [-0.2, 0) is 15.1 Å². The molecular weight excluding hydrogens is 212 g/mol. The van der Waals surface area contributed by atoms with Gasteiger partial charge in [0.05, 0.1) is 6.26 Å². The van der Waals surface area contributed by atoms with Gasteiger partial charge in [-0.1, -0.05) is 0 Å². The molecule has 1 unspecified atom stereocenters. The quantitative estimate of drug-likeness (QED) is 0.705. The lowest BCUT2D eigenvalue weighted by atomic mass is 9.97. The molecule has 1 saturated heterocycles. The molecule has 4 amide bonds. The molecule has 0 aliphatic carbocycles. The molecule has 6 nitrogen and oxygen atoms in total. The summed E-state index contributed by atoms with van der Waals surface area (Å²) in [5.41, 5.74) is -1.40. The zero-order valence-corrected chi connectivity index (χ0v) is 8.81. The predicted octanol–water partition coefficient (Wildman–Crippen LogP) is 0.593. The van der Waals surface area contributed by atoms with E-state index in [9.17, 15) is 14.4 Å². The van der Waals surface area contributed by atoms with Crippen LogP contribution in [0, 0.1) is 0 Å². The van der Waals surface area contributed by atoms with Gasteiger partial charge in [0.25, 0.3) is 5.91 Å². The van der Waals surface area contributed by atoms with E-state index in [2.05, 4.69) is 5.32 Å². The first-order chi connectivity index (χ1) is 7.48. The molecular formula is C10H10N2O4. The largest absolute Gasteiger partial charge is 0.466 e. The van der Waals surface area contributed by atoms with Gasteiger partial charge in [-0.05, 0) is 19.1 Å². The third-order valence-corrected chi connectivity index (χ3v) is 2.63. The van der Waals surface area contributed by atoms with Crippen molar-refractivity contribution < 1.29 is 18.8 Å². The standard InChI is InChI=1S/C10H10N2O4/c1-6(13)12-9(15)11-8(14)10(12,2)7-4-3-5-16-7/h3-5H,1-2H3,(H,11,14,15). The molecule has 1 N–H and O–H groups in total. The van der Waals surface area contributed by atoms with Gasteiger partial charge in [-0.15, -0.1) is 0 Å². The van der Waals surface area contributed by atoms with Crippen molar-refractivity contribution in [2.45, 2.75) is 19.4 Å². The summed E-state index contributed by atoms with van der Waals surface area (Å²) in [4.78, 5) is 35.4. The van der Waals surface area contributed by atoms with E-state index < -0.39 is 23.4 Å². The molecule has 2 rings (SSSR count). The summed E-state index contributed by atoms with van der Waals surface area (Å²) in [6.45, 7) is 2.69. The Balaban J connectivity index is 2.56. The fourth-order valence-electron chi connectivity index (χ4n) is 1.81. The molecule has 0 aromatic carbocycles. The second-order valence-corrected chi connectivity index (χ2v) is 3.66. The summed E-state index contributed by atoms with van der Waals surface area (Å²) in [7, 11) is 0. The molecule has 0 saturated carbocycles. The minimum atomic E-state index is -1.40. The van der Waals surface area contributed by atoms with Gasteiger partial charge in [-0.25, -0.2) is 9.69 Å². The van der Waals surface area contributed by atoms with Crippen molar-refractivity contribution in [1.29, 1.82) is 0 Å². The van der Waals surface area contributed by atoms with Gasteiger partial charge in [-0.3, -0.25) is 14.9 Å². The van der Waals surface area contributed by atoms with Crippen LogP contribution in [-0.4, -0.2) is 22.7 Å². The smallest absolute Gasteiger partial charge is 0.332 e. The maximum absolute atomic E-state index is 11.7. The topological polar surface area (TPSA) is 79.6 Å². The number of nitrogens with zero attached hydrogens (tertiary/aromatic N) is 1. The van der Waals surface area contributed by atoms with Crippen LogP contribution < -0.4 is 5.32 Å². The van der Waals surface area contributed by atoms with Gasteiger partial charge in [0.15, 0.2) is 5.54 Å². The third kappa shape index (κ3) is 1.16. The van der Waals surface area contributed by atoms with Crippen LogP contribution in [0.2, 0.25) is 0 Å². The van der Waals surface area contributed by atoms with Gasteiger partial charge in [0.1, 0.15) is 5.76 Å². The highest BCUT2D eigenvalue weighted by molar-refractivity contribution is 6.13. The molecule has 1 aliphatic rings. The molecule has 1 aromatic rings. The van der Waals surface area contributed by atoms with Crippen LogP contribution >= 0.6 is 0 Å². The number of hydrogen-bond acceptors (Lipinski definition) is 4. The van der Waals surface area contributed by atoms with Crippen molar-refractivity contribution in [2.24, 2.45) is 0 Å². The van der Waals surface area contributed by atoms with E-state index in [0.717, 1.165) is 4.90 Å². The minimum absolute atomic E-state index is 0.256. The summed E-state index contributed by atoms with van der Waals surface area (Å²) in [6.07, 6.45) is 1.38. The molecule has 0 radical (unpaired) electrons. The Kier molecular flexibility index (Phi) is 2.08. The monoisotopic (exact) mass is 222 g/mol. The Bertz CT molecular complexity index is 465. The Morgan fingerprint density at radius 1 is 1.50 bits per heavy atom. The van der Waals surface area contributed by atoms with E-state index in [4.69, 9.17) is 4.42 Å². The molecule has 1 aromatic heterocycles. The number of furan rings is 1. The van der Waals surface area contributed by atoms with Gasteiger partial charge >= 0.3 is 6.03 Å². The lowest BCUT2D eigenvalue weighted by molar-refractivity contribution is -0.137. The van der Waals surface area contributed by atoms with Crippen molar-refractivity contribution >= 4 is 17.8 Å². The number of hydrogen-bond donors (Lipinski definition) is 1. The minimum Gasteiger partial charge on any atom is -0.466 e. The summed E-state index contributed by atoms with van der Waals surface area (Å²) < 4.78 is 5.11. The van der Waals surface area contributed by atoms with Gasteiger partial charge in [0.2, 0.25) is 5.91 Å². The molecule has 16 heavy (non-hydrogen) atoms. The molecule has 6 heteroatoms. The van der Waals surface area contributed by atoms with Crippen LogP contribution in [0.1, 0.15) is 19.6 Å². The second-order valence-electron chi connectivity index (χ2n) is 3.66. The van der Waals surface area contributed by atoms with Crippen molar-refractivity contribution in [2.75, 3.05) is 0 Å². The van der Waals surface area contributed by atoms with E-state index in [1.807, 2.05) is 0 Å². The van der Waals surface area contributed by atoms with Crippen LogP contribution in [0.3, 0.4) is 0 Å². The van der Waals surface area contributed by atoms with Crippen LogP contribution in [0.25, 0.3) is 0 Å². The molecule has 1 fully saturated rings. The average Bonchev–Trinajstić information content (AvgIpc) is 2.74. The van der Waals surface area contributed by atoms with Crippen molar-refractivity contribution in [3.8, 4) is 0 Å². The molecule has 0 spiro atoms. The zero-order chi connectivity index (χ0) is 11.9. The van der Waals surface area contributed by atoms with Gasteiger partial charge in [-0.2, -0.15) is 0 Å². The number of carbonyl (C=O) groups is 3. The molecule has 0 bridgehead atoms. The first-order valence-electron chi connectivity index (χ1n) is 4.68. The molecule has 1 atom stereocenters. The Hall–Kier alpha value is -2.11. The second kappa shape index (κ2) is 3.19. The molecule has 84 valence electrons. The SMILES string of the molecule is CC(=O)N1C(=O)NC(=O)C1(C)c1ccco1. The highest BCUT2D eigenvalue weighted by Crippen LogP contribution is 2.33. The lowest BCUT2D eigenvalue weighted by Crippen LogP contribution is -2.46. The fraction of sp³-hybridized carbons (Fsp3) is 0.300. The summed E-state index contributed by atoms with van der Waals surface area (Å²) >= 11 is 0. The zero-order valence-electron chi connectivity index (χ0n) is 8.81. The van der Waals surface area contributed by atoms with Crippen molar-refractivity contribution in [3.05, 3.63) is 24.2 Å². The third-order valence-electron chi connectivity index (χ3n) is 2.63. The average molecular weight is 222 g/mol. The lowest BCUT2D eigenvalue weighted by Gasteiger charge is -2.26. The summed E-state index contributed by atoms with van der Waals surface area (Å²) in [6, 6.07) is 2.42. The highest BCUT2D eigenvalue weighted by Gasteiger charge is 2.54. The van der Waals surface area contributed by atoms with Gasteiger partial charge in [0, 0.05) is 6.92 Å². The molecule has 2 heterocycles. The number of nitrogens with one attached hydrogen (secondary N) is 1. The highest BCUT2D eigenvalue weighted by atomic mass is 16.3. The Morgan fingerprint density at radius 3 is 2.69 bits per heavy atom. The first-order valence-corrected chi connectivity index (χ1v) is 4.68. The Labute approximate surface area is 91.2 Å². The summed E-state index contributed by atoms with van der Waals surface area (Å²) in [5.74, 6) is -0.823. The van der Waals surface area contributed by atoms with Crippen molar-refractivity contribution in [3.63, 3.8) is 0 Å². The normalized spacial score (nSPS) is 24.8. The number of urea groups is 1. The van der Waals surface area contributed by atoms with E-state index in [0.29, 0.717) is 0 Å². The van der Waals surface area contributed by atoms with Gasteiger partial charge < -0.3 is 4.42 Å². The van der Waals surface area contributed by atoms with Crippen LogP contribution in [0.5, 0.6) is 0 Å². The first kappa shape index (κ1) is 10.4. The molecule has 1 aliphatic heterocycles. The van der Waals surface area contributed by atoms with E-state index in [-0.39, 0.29) is 5.76 Å². The van der Waals surface area contributed by atoms with Crippen LogP contribution in [0.15, 0.2) is 22.8 Å². The number of rotatable bonds is 1. The fourth-order valence-corrected chi connectivity index (χ4v) is 1.81. The van der Waals surface area contributed by atoms with Crippen LogP contribution in [0.4, 0.5) is 4.79 Å². The predicted molar refractivity (Wildman–Crippen MR) is 52.1 cm³/mol. The number of amides is 4. The number of imide groups is 2. The van der Waals surface area contributed by atoms with E-state index in [1.54, 1.807) is 12.1 Å². The van der Waals surface area contributed by atoms with Crippen molar-refractivity contribution in [1.82, 2.24) is 10.2 Å². The Morgan fingerprint density at radius 2 is 2.19 bits per heavy atom. The van der Waals surface area contributed by atoms with E-state index >= 15 is 0 Å². The number of carbonyl (C=O) groups excluding carboxylic acids is 3. The van der Waals surface area contributed by atoms with E-state index in [1.165, 1.54) is 20.1 Å². The maximum atomic E-state index is 11.7.